The predicted octanol–water partition coefficient (Wildman–Crippen LogP) is 3.43. The normalized spacial score (nSPS) is 13.7. The molecule has 0 aliphatic carbocycles. The number of carbonyl (C=O) groups excluding carboxylic acids is 1. The number of nitrogens with zero attached hydrogens (tertiary/aromatic N) is 3. The predicted molar refractivity (Wildman–Crippen MR) is 138 cm³/mol. The van der Waals surface area contributed by atoms with Crippen LogP contribution in [0.1, 0.15) is 5.56 Å². The zero-order valence-corrected chi connectivity index (χ0v) is 20.5. The first kappa shape index (κ1) is 25.2. The minimum Gasteiger partial charge on any atom is -0.489 e. The standard InChI is InChI=1S/C24H22N4O6S2/c29-24(26-25-14-18-6-4-9-21(12-18)34-22-16-35-17-22)15-27(19-7-5-8-20(13-19)28(30)31)36(32,33)23-10-2-1-3-11-23/h1-14,22H,15-17H2,(H,26,29)/b25-14-. The van der Waals surface area contributed by atoms with E-state index in [0.29, 0.717) is 11.3 Å². The lowest BCUT2D eigenvalue weighted by molar-refractivity contribution is -0.384. The fourth-order valence-electron chi connectivity index (χ4n) is 3.28. The zero-order chi connectivity index (χ0) is 25.5. The number of non-ortho nitro benzene ring substituents is 1. The highest BCUT2D eigenvalue weighted by molar-refractivity contribution is 8.00. The summed E-state index contributed by atoms with van der Waals surface area (Å²) < 4.78 is 33.3. The number of hydrazone groups is 1. The van der Waals surface area contributed by atoms with Crippen LogP contribution in [0.5, 0.6) is 5.75 Å². The summed E-state index contributed by atoms with van der Waals surface area (Å²) in [6.45, 7) is -0.641. The number of thioether (sulfide) groups is 1. The molecule has 0 aromatic heterocycles. The lowest BCUT2D eigenvalue weighted by Crippen LogP contribution is -2.39. The van der Waals surface area contributed by atoms with Gasteiger partial charge in [0.05, 0.1) is 21.7 Å². The van der Waals surface area contributed by atoms with Crippen LogP contribution in [-0.2, 0) is 14.8 Å². The highest BCUT2D eigenvalue weighted by Gasteiger charge is 2.28. The second kappa shape index (κ2) is 11.2. The molecule has 10 nitrogen and oxygen atoms in total. The van der Waals surface area contributed by atoms with Crippen molar-refractivity contribution in [3.63, 3.8) is 0 Å². The van der Waals surface area contributed by atoms with Gasteiger partial charge in [-0.3, -0.25) is 19.2 Å². The lowest BCUT2D eigenvalue weighted by Gasteiger charge is -2.25. The number of nitro groups is 1. The highest BCUT2D eigenvalue weighted by Crippen LogP contribution is 2.27. The molecule has 1 heterocycles. The van der Waals surface area contributed by atoms with Crippen molar-refractivity contribution in [1.29, 1.82) is 0 Å². The van der Waals surface area contributed by atoms with Crippen molar-refractivity contribution in [2.45, 2.75) is 11.0 Å². The highest BCUT2D eigenvalue weighted by atomic mass is 32.2. The van der Waals surface area contributed by atoms with Gasteiger partial charge < -0.3 is 4.74 Å². The van der Waals surface area contributed by atoms with E-state index in [4.69, 9.17) is 4.74 Å². The van der Waals surface area contributed by atoms with Crippen LogP contribution in [0.3, 0.4) is 0 Å². The smallest absolute Gasteiger partial charge is 0.271 e. The largest absolute Gasteiger partial charge is 0.489 e. The molecule has 0 atom stereocenters. The van der Waals surface area contributed by atoms with Crippen LogP contribution in [0.2, 0.25) is 0 Å². The molecule has 3 aromatic rings. The Bertz CT molecular complexity index is 1380. The van der Waals surface area contributed by atoms with Gasteiger partial charge in [0, 0.05) is 23.6 Å². The summed E-state index contributed by atoms with van der Waals surface area (Å²) in [4.78, 5) is 23.2. The topological polar surface area (TPSA) is 131 Å². The van der Waals surface area contributed by atoms with Gasteiger partial charge in [-0.2, -0.15) is 16.9 Å². The van der Waals surface area contributed by atoms with E-state index in [9.17, 15) is 23.3 Å². The number of nitrogens with one attached hydrogen (secondary N) is 1. The van der Waals surface area contributed by atoms with E-state index in [1.165, 1.54) is 36.5 Å². The van der Waals surface area contributed by atoms with E-state index in [0.717, 1.165) is 21.9 Å². The van der Waals surface area contributed by atoms with E-state index in [2.05, 4.69) is 10.5 Å². The van der Waals surface area contributed by atoms with Gasteiger partial charge in [0.1, 0.15) is 18.4 Å². The molecule has 0 bridgehead atoms. The van der Waals surface area contributed by atoms with Gasteiger partial charge >= 0.3 is 0 Å². The van der Waals surface area contributed by atoms with Gasteiger partial charge in [0.15, 0.2) is 0 Å². The molecule has 1 saturated heterocycles. The first-order chi connectivity index (χ1) is 17.3. The van der Waals surface area contributed by atoms with Crippen LogP contribution in [0.25, 0.3) is 0 Å². The summed E-state index contributed by atoms with van der Waals surface area (Å²) in [5.74, 6) is 1.86. The minimum atomic E-state index is -4.20. The fourth-order valence-corrected chi connectivity index (χ4v) is 5.28. The van der Waals surface area contributed by atoms with Crippen molar-refractivity contribution in [3.05, 3.63) is 94.5 Å². The maximum absolute atomic E-state index is 13.3. The van der Waals surface area contributed by atoms with E-state index in [1.54, 1.807) is 36.4 Å². The van der Waals surface area contributed by atoms with Crippen LogP contribution in [0, 0.1) is 10.1 Å². The van der Waals surface area contributed by atoms with Crippen LogP contribution < -0.4 is 14.5 Å². The van der Waals surface area contributed by atoms with Crippen molar-refractivity contribution >= 4 is 45.3 Å². The maximum Gasteiger partial charge on any atom is 0.271 e. The summed E-state index contributed by atoms with van der Waals surface area (Å²) in [6, 6.07) is 19.8. The average Bonchev–Trinajstić information content (AvgIpc) is 2.85. The number of hydrogen-bond donors (Lipinski definition) is 1. The number of carbonyl (C=O) groups is 1. The molecule has 0 unspecified atom stereocenters. The quantitative estimate of drug-likeness (QED) is 0.243. The molecular weight excluding hydrogens is 504 g/mol. The maximum atomic E-state index is 13.3. The van der Waals surface area contributed by atoms with E-state index in [-0.39, 0.29) is 22.4 Å². The summed E-state index contributed by atoms with van der Waals surface area (Å²) in [5.41, 5.74) is 2.68. The molecule has 1 aliphatic rings. The average molecular weight is 527 g/mol. The Balaban J connectivity index is 1.51. The first-order valence-electron chi connectivity index (χ1n) is 10.8. The monoisotopic (exact) mass is 526 g/mol. The van der Waals surface area contributed by atoms with Gasteiger partial charge in [0.25, 0.3) is 21.6 Å². The molecule has 3 aromatic carbocycles. The second-order valence-electron chi connectivity index (χ2n) is 7.74. The van der Waals surface area contributed by atoms with Gasteiger partial charge in [-0.25, -0.2) is 13.8 Å². The van der Waals surface area contributed by atoms with Gasteiger partial charge in [-0.1, -0.05) is 36.4 Å². The Labute approximate surface area is 212 Å². The van der Waals surface area contributed by atoms with Crippen LogP contribution in [-0.4, -0.2) is 49.6 Å². The van der Waals surface area contributed by atoms with E-state index >= 15 is 0 Å². The lowest BCUT2D eigenvalue weighted by atomic mass is 10.2. The molecule has 1 fully saturated rings. The summed E-state index contributed by atoms with van der Waals surface area (Å²) in [5, 5.41) is 15.2. The Morgan fingerprint density at radius 3 is 2.56 bits per heavy atom. The van der Waals surface area contributed by atoms with Crippen molar-refractivity contribution < 1.29 is 22.9 Å². The summed E-state index contributed by atoms with van der Waals surface area (Å²) in [6.07, 6.45) is 1.61. The summed E-state index contributed by atoms with van der Waals surface area (Å²) in [7, 11) is -4.20. The molecule has 1 N–H and O–H groups in total. The molecule has 4 rings (SSSR count). The Hall–Kier alpha value is -3.90. The first-order valence-corrected chi connectivity index (χ1v) is 13.4. The minimum absolute atomic E-state index is 0.0220. The Morgan fingerprint density at radius 2 is 1.86 bits per heavy atom. The molecule has 36 heavy (non-hydrogen) atoms. The van der Waals surface area contributed by atoms with Gasteiger partial charge in [-0.15, -0.1) is 0 Å². The number of benzene rings is 3. The Morgan fingerprint density at radius 1 is 1.11 bits per heavy atom. The number of rotatable bonds is 10. The molecule has 1 aliphatic heterocycles. The number of anilines is 1. The fraction of sp³-hybridized carbons (Fsp3) is 0.167. The van der Waals surface area contributed by atoms with E-state index in [1.807, 2.05) is 17.8 Å². The second-order valence-corrected chi connectivity index (χ2v) is 10.7. The van der Waals surface area contributed by atoms with Gasteiger partial charge in [0.2, 0.25) is 0 Å². The van der Waals surface area contributed by atoms with Gasteiger partial charge in [-0.05, 0) is 35.9 Å². The third-order valence-electron chi connectivity index (χ3n) is 5.12. The number of nitro benzene ring substituents is 1. The van der Waals surface area contributed by atoms with Crippen molar-refractivity contribution in [3.8, 4) is 5.75 Å². The third-order valence-corrected chi connectivity index (χ3v) is 8.12. The van der Waals surface area contributed by atoms with Crippen LogP contribution >= 0.6 is 11.8 Å². The molecular formula is C24H22N4O6S2. The number of amides is 1. The number of sulfonamides is 1. The SMILES string of the molecule is O=C(CN(c1cccc([N+](=O)[O-])c1)S(=O)(=O)c1ccccc1)N/N=C\c1cccc(OC2CSC2)c1. The molecule has 0 saturated carbocycles. The van der Waals surface area contributed by atoms with Crippen molar-refractivity contribution in [2.24, 2.45) is 5.10 Å². The van der Waals surface area contributed by atoms with Crippen LogP contribution in [0.15, 0.2) is 88.9 Å². The molecule has 1 amide bonds. The Kier molecular flexibility index (Phi) is 7.86. The van der Waals surface area contributed by atoms with Crippen molar-refractivity contribution in [2.75, 3.05) is 22.4 Å². The third kappa shape index (κ3) is 6.20. The number of hydrogen-bond acceptors (Lipinski definition) is 8. The molecule has 0 radical (unpaired) electrons. The van der Waals surface area contributed by atoms with Crippen LogP contribution in [0.4, 0.5) is 11.4 Å². The van der Waals surface area contributed by atoms with Crippen molar-refractivity contribution in [1.82, 2.24) is 5.43 Å². The summed E-state index contributed by atoms with van der Waals surface area (Å²) >= 11 is 1.81. The molecule has 186 valence electrons. The van der Waals surface area contributed by atoms with E-state index < -0.39 is 27.4 Å². The molecule has 0 spiro atoms. The number of ether oxygens (including phenoxy) is 1. The molecule has 12 heteroatoms. The zero-order valence-electron chi connectivity index (χ0n) is 18.9.